The first-order chi connectivity index (χ1) is 9.99. The predicted molar refractivity (Wildman–Crippen MR) is 78.3 cm³/mol. The second-order valence-corrected chi connectivity index (χ2v) is 6.15. The topological polar surface area (TPSA) is 113 Å². The largest absolute Gasteiger partial charge is 0.477 e. The van der Waals surface area contributed by atoms with Crippen LogP contribution in [0, 0.1) is 0 Å². The highest BCUT2D eigenvalue weighted by molar-refractivity contribution is 8.00. The minimum atomic E-state index is -1.29. The van der Waals surface area contributed by atoms with Crippen molar-refractivity contribution in [3.63, 3.8) is 0 Å². The summed E-state index contributed by atoms with van der Waals surface area (Å²) in [6.45, 7) is 2.83. The minimum absolute atomic E-state index is 0.00142. The van der Waals surface area contributed by atoms with E-state index < -0.39 is 11.9 Å². The van der Waals surface area contributed by atoms with Gasteiger partial charge >= 0.3 is 5.97 Å². The summed E-state index contributed by atoms with van der Waals surface area (Å²) in [4.78, 5) is 36.0. The van der Waals surface area contributed by atoms with Gasteiger partial charge in [-0.05, 0) is 13.0 Å². The number of hydrogen-bond acceptors (Lipinski definition) is 5. The van der Waals surface area contributed by atoms with Crippen molar-refractivity contribution in [1.29, 1.82) is 0 Å². The van der Waals surface area contributed by atoms with Crippen LogP contribution in [0.1, 0.15) is 26.2 Å². The van der Waals surface area contributed by atoms with E-state index in [4.69, 9.17) is 5.73 Å². The second kappa shape index (κ2) is 6.48. The van der Waals surface area contributed by atoms with Gasteiger partial charge in [0.15, 0.2) is 0 Å². The summed E-state index contributed by atoms with van der Waals surface area (Å²) in [6.07, 6.45) is 3.16. The molecule has 1 saturated heterocycles. The maximum atomic E-state index is 12.1. The molecule has 116 valence electrons. The highest BCUT2D eigenvalue weighted by Crippen LogP contribution is 2.40. The molecule has 2 aliphatic rings. The molecule has 0 aromatic carbocycles. The van der Waals surface area contributed by atoms with Crippen LogP contribution in [0.15, 0.2) is 11.3 Å². The zero-order valence-electron chi connectivity index (χ0n) is 11.8. The van der Waals surface area contributed by atoms with E-state index in [1.807, 2.05) is 0 Å². The van der Waals surface area contributed by atoms with Crippen molar-refractivity contribution in [3.8, 4) is 0 Å². The Labute approximate surface area is 126 Å². The minimum Gasteiger partial charge on any atom is -0.477 e. The Morgan fingerprint density at radius 3 is 2.76 bits per heavy atom. The van der Waals surface area contributed by atoms with Crippen LogP contribution in [0.5, 0.6) is 0 Å². The number of nitrogens with two attached hydrogens (primary N) is 1. The van der Waals surface area contributed by atoms with Crippen molar-refractivity contribution in [3.05, 3.63) is 11.3 Å². The Hall–Kier alpha value is -1.54. The number of nitrogens with zero attached hydrogens (tertiary/aromatic N) is 1. The fourth-order valence-electron chi connectivity index (χ4n) is 2.50. The molecule has 0 aromatic rings. The van der Waals surface area contributed by atoms with Gasteiger partial charge in [0, 0.05) is 5.75 Å². The van der Waals surface area contributed by atoms with Gasteiger partial charge < -0.3 is 16.2 Å². The highest BCUT2D eigenvalue weighted by atomic mass is 32.2. The van der Waals surface area contributed by atoms with Gasteiger partial charge in [-0.1, -0.05) is 19.8 Å². The SMILES string of the molecule is CCCCCNC1C(=O)N2C(C(=O)O)=C(C(N)=O)CS[C@H]12. The second-order valence-electron chi connectivity index (χ2n) is 5.05. The van der Waals surface area contributed by atoms with Gasteiger partial charge in [-0.2, -0.15) is 0 Å². The van der Waals surface area contributed by atoms with Crippen LogP contribution in [-0.2, 0) is 14.4 Å². The van der Waals surface area contributed by atoms with E-state index in [1.165, 1.54) is 16.7 Å². The van der Waals surface area contributed by atoms with Crippen LogP contribution in [0.25, 0.3) is 0 Å². The predicted octanol–water partition coefficient (Wildman–Crippen LogP) is -0.126. The third-order valence-electron chi connectivity index (χ3n) is 3.61. The Morgan fingerprint density at radius 1 is 1.48 bits per heavy atom. The molecule has 0 aliphatic carbocycles. The van der Waals surface area contributed by atoms with Gasteiger partial charge in [0.25, 0.3) is 0 Å². The summed E-state index contributed by atoms with van der Waals surface area (Å²) in [6, 6.07) is -0.379. The van der Waals surface area contributed by atoms with Gasteiger partial charge in [0.2, 0.25) is 11.8 Å². The number of amides is 2. The normalized spacial score (nSPS) is 24.6. The quantitative estimate of drug-likeness (QED) is 0.446. The highest BCUT2D eigenvalue weighted by Gasteiger charge is 2.53. The molecule has 2 rings (SSSR count). The van der Waals surface area contributed by atoms with E-state index in [1.54, 1.807) is 0 Å². The summed E-state index contributed by atoms with van der Waals surface area (Å²) < 4.78 is 0. The lowest BCUT2D eigenvalue weighted by atomic mass is 10.0. The third-order valence-corrected chi connectivity index (χ3v) is 4.89. The van der Waals surface area contributed by atoms with E-state index in [-0.39, 0.29) is 34.3 Å². The average molecular weight is 313 g/mol. The first-order valence-corrected chi connectivity index (χ1v) is 7.98. The average Bonchev–Trinajstić information content (AvgIpc) is 2.44. The van der Waals surface area contributed by atoms with Gasteiger partial charge in [0.1, 0.15) is 17.1 Å². The van der Waals surface area contributed by atoms with E-state index >= 15 is 0 Å². The van der Waals surface area contributed by atoms with Crippen LogP contribution >= 0.6 is 11.8 Å². The van der Waals surface area contributed by atoms with Crippen molar-refractivity contribution < 1.29 is 19.5 Å². The molecule has 21 heavy (non-hydrogen) atoms. The van der Waals surface area contributed by atoms with E-state index in [0.29, 0.717) is 0 Å². The molecule has 2 atom stereocenters. The number of carboxylic acids is 1. The first kappa shape index (κ1) is 15.8. The summed E-state index contributed by atoms with van der Waals surface area (Å²) in [5.41, 5.74) is 4.93. The van der Waals surface area contributed by atoms with Gasteiger partial charge in [-0.25, -0.2) is 4.79 Å². The van der Waals surface area contributed by atoms with Gasteiger partial charge in [-0.15, -0.1) is 11.8 Å². The molecule has 2 amide bonds. The fourth-order valence-corrected chi connectivity index (χ4v) is 3.88. The maximum Gasteiger partial charge on any atom is 0.353 e. The molecular weight excluding hydrogens is 294 g/mol. The van der Waals surface area contributed by atoms with Crippen molar-refractivity contribution in [1.82, 2.24) is 10.2 Å². The van der Waals surface area contributed by atoms with Crippen molar-refractivity contribution in [2.75, 3.05) is 12.3 Å². The first-order valence-electron chi connectivity index (χ1n) is 6.93. The number of carbonyl (C=O) groups is 3. The van der Waals surface area contributed by atoms with Crippen LogP contribution in [0.4, 0.5) is 0 Å². The molecule has 7 nitrogen and oxygen atoms in total. The smallest absolute Gasteiger partial charge is 0.353 e. The van der Waals surface area contributed by atoms with Crippen molar-refractivity contribution in [2.24, 2.45) is 5.73 Å². The Balaban J connectivity index is 2.08. The Bertz CT molecular complexity index is 506. The van der Waals surface area contributed by atoms with Crippen LogP contribution in [0.3, 0.4) is 0 Å². The summed E-state index contributed by atoms with van der Waals surface area (Å²) in [5.74, 6) is -2.16. The number of carboxylic acid groups (broad SMARTS) is 1. The molecule has 0 radical (unpaired) electrons. The lowest BCUT2D eigenvalue weighted by Gasteiger charge is -2.49. The number of thioether (sulfide) groups is 1. The molecule has 1 fully saturated rings. The molecular formula is C13H19N3O4S. The Morgan fingerprint density at radius 2 is 2.19 bits per heavy atom. The maximum absolute atomic E-state index is 12.1. The summed E-state index contributed by atoms with van der Waals surface area (Å²) >= 11 is 1.37. The molecule has 2 heterocycles. The monoisotopic (exact) mass is 313 g/mol. The molecule has 0 bridgehead atoms. The van der Waals surface area contributed by atoms with Crippen molar-refractivity contribution in [2.45, 2.75) is 37.6 Å². The number of rotatable bonds is 7. The van der Waals surface area contributed by atoms with Crippen LogP contribution in [0.2, 0.25) is 0 Å². The van der Waals surface area contributed by atoms with Crippen LogP contribution < -0.4 is 11.1 Å². The number of nitrogens with one attached hydrogen (secondary N) is 1. The third kappa shape index (κ3) is 2.91. The van der Waals surface area contributed by atoms with Crippen molar-refractivity contribution >= 4 is 29.5 Å². The summed E-state index contributed by atoms with van der Waals surface area (Å²) in [7, 11) is 0. The molecule has 8 heteroatoms. The molecule has 1 unspecified atom stereocenters. The number of aliphatic carboxylic acids is 1. The standard InChI is InChI=1S/C13H19N3O4S/c1-2-3-4-5-15-8-11(18)16-9(13(19)20)7(10(14)17)6-21-12(8)16/h8,12,15H,2-6H2,1H3,(H2,14,17)(H,19,20)/t8?,12-/m1/s1. The fraction of sp³-hybridized carbons (Fsp3) is 0.615. The zero-order chi connectivity index (χ0) is 15.6. The number of carbonyl (C=O) groups excluding carboxylic acids is 2. The van der Waals surface area contributed by atoms with E-state index in [9.17, 15) is 19.5 Å². The molecule has 0 aromatic heterocycles. The molecule has 4 N–H and O–H groups in total. The van der Waals surface area contributed by atoms with E-state index in [0.717, 1.165) is 25.8 Å². The lowest BCUT2D eigenvalue weighted by molar-refractivity contribution is -0.149. The Kier molecular flexibility index (Phi) is 4.89. The lowest BCUT2D eigenvalue weighted by Crippen LogP contribution is -2.70. The number of primary amides is 1. The number of fused-ring (bicyclic) bond motifs is 1. The van der Waals surface area contributed by atoms with Gasteiger partial charge in [0.05, 0.1) is 5.57 Å². The number of unbranched alkanes of at least 4 members (excludes halogenated alkanes) is 2. The number of β-lactam (4-membered cyclic amide) rings is 1. The zero-order valence-corrected chi connectivity index (χ0v) is 12.6. The number of hydrogen-bond donors (Lipinski definition) is 3. The summed E-state index contributed by atoms with van der Waals surface area (Å²) in [5, 5.41) is 12.1. The van der Waals surface area contributed by atoms with Crippen LogP contribution in [-0.4, -0.2) is 51.5 Å². The molecule has 0 saturated carbocycles. The van der Waals surface area contributed by atoms with Gasteiger partial charge in [-0.3, -0.25) is 14.5 Å². The molecule has 0 spiro atoms. The molecule has 2 aliphatic heterocycles. The van der Waals surface area contributed by atoms with E-state index in [2.05, 4.69) is 12.2 Å².